The summed E-state index contributed by atoms with van der Waals surface area (Å²) in [4.78, 5) is 14.4. The van der Waals surface area contributed by atoms with Crippen molar-refractivity contribution in [2.75, 3.05) is 13.6 Å². The molecule has 1 aliphatic rings. The highest BCUT2D eigenvalue weighted by Gasteiger charge is 2.24. The van der Waals surface area contributed by atoms with E-state index in [1.807, 2.05) is 20.9 Å². The Hall–Kier alpha value is -1.40. The molecule has 1 fully saturated rings. The van der Waals surface area contributed by atoms with Crippen LogP contribution in [0.25, 0.3) is 0 Å². The quantitative estimate of drug-likeness (QED) is 0.841. The Balaban J connectivity index is 1.86. The molecule has 1 amide bonds. The largest absolute Gasteiger partial charge is 0.343 e. The number of amides is 1. The molecule has 1 aromatic rings. The summed E-state index contributed by atoms with van der Waals surface area (Å²) in [5.74, 6) is 0.742. The number of aryl methyl sites for hydroxylation is 2. The SMILES string of the molecule is Cc1ccc(S(=O)(=O)NCCC(=O)N(C)C2CCC(C)CC2)cc1C. The molecule has 0 atom stereocenters. The minimum Gasteiger partial charge on any atom is -0.343 e. The van der Waals surface area contributed by atoms with Gasteiger partial charge in [0.2, 0.25) is 15.9 Å². The summed E-state index contributed by atoms with van der Waals surface area (Å²) in [7, 11) is -1.74. The number of carbonyl (C=O) groups is 1. The van der Waals surface area contributed by atoms with Gasteiger partial charge in [0.15, 0.2) is 0 Å². The standard InChI is InChI=1S/C19H30N2O3S/c1-14-5-8-17(9-6-14)21(4)19(22)11-12-20-25(23,24)18-10-7-15(2)16(3)13-18/h7,10,13-14,17,20H,5-6,8-9,11-12H2,1-4H3. The molecule has 1 N–H and O–H groups in total. The second kappa shape index (κ2) is 8.32. The highest BCUT2D eigenvalue weighted by Crippen LogP contribution is 2.26. The van der Waals surface area contributed by atoms with Gasteiger partial charge in [0.25, 0.3) is 0 Å². The summed E-state index contributed by atoms with van der Waals surface area (Å²) in [5.41, 5.74) is 1.99. The normalized spacial score (nSPS) is 21.1. The Labute approximate surface area is 151 Å². The van der Waals surface area contributed by atoms with Crippen molar-refractivity contribution >= 4 is 15.9 Å². The van der Waals surface area contributed by atoms with Crippen molar-refractivity contribution in [1.29, 1.82) is 0 Å². The summed E-state index contributed by atoms with van der Waals surface area (Å²) in [6.45, 7) is 6.21. The van der Waals surface area contributed by atoms with Gasteiger partial charge in [-0.2, -0.15) is 0 Å². The first-order valence-electron chi connectivity index (χ1n) is 9.03. The van der Waals surface area contributed by atoms with Gasteiger partial charge in [-0.15, -0.1) is 0 Å². The first-order chi connectivity index (χ1) is 11.7. The molecule has 0 saturated heterocycles. The lowest BCUT2D eigenvalue weighted by Gasteiger charge is -2.33. The maximum absolute atomic E-state index is 12.3. The van der Waals surface area contributed by atoms with E-state index < -0.39 is 10.0 Å². The van der Waals surface area contributed by atoms with Crippen molar-refractivity contribution in [2.24, 2.45) is 5.92 Å². The van der Waals surface area contributed by atoms with Gasteiger partial charge in [-0.3, -0.25) is 4.79 Å². The van der Waals surface area contributed by atoms with Gasteiger partial charge < -0.3 is 4.90 Å². The second-order valence-electron chi connectivity index (χ2n) is 7.31. The maximum atomic E-state index is 12.3. The predicted octanol–water partition coefficient (Wildman–Crippen LogP) is 3.01. The predicted molar refractivity (Wildman–Crippen MR) is 99.9 cm³/mol. The van der Waals surface area contributed by atoms with Gasteiger partial charge in [0, 0.05) is 26.1 Å². The van der Waals surface area contributed by atoms with Crippen LogP contribution in [0.5, 0.6) is 0 Å². The zero-order valence-electron chi connectivity index (χ0n) is 15.7. The van der Waals surface area contributed by atoms with E-state index in [0.29, 0.717) is 6.04 Å². The number of nitrogens with zero attached hydrogens (tertiary/aromatic N) is 1. The number of nitrogens with one attached hydrogen (secondary N) is 1. The number of benzene rings is 1. The van der Waals surface area contributed by atoms with Crippen LogP contribution in [0, 0.1) is 19.8 Å². The molecule has 6 heteroatoms. The Morgan fingerprint density at radius 3 is 2.40 bits per heavy atom. The van der Waals surface area contributed by atoms with E-state index in [0.717, 1.165) is 42.7 Å². The number of sulfonamides is 1. The molecule has 25 heavy (non-hydrogen) atoms. The van der Waals surface area contributed by atoms with Gasteiger partial charge in [-0.25, -0.2) is 13.1 Å². The molecular weight excluding hydrogens is 336 g/mol. The van der Waals surface area contributed by atoms with Crippen molar-refractivity contribution in [3.8, 4) is 0 Å². The van der Waals surface area contributed by atoms with Gasteiger partial charge in [-0.05, 0) is 68.7 Å². The number of carbonyl (C=O) groups excluding carboxylic acids is 1. The molecule has 1 aliphatic carbocycles. The summed E-state index contributed by atoms with van der Waals surface area (Å²) in [6.07, 6.45) is 4.57. The van der Waals surface area contributed by atoms with E-state index in [2.05, 4.69) is 11.6 Å². The minimum atomic E-state index is -3.57. The summed E-state index contributed by atoms with van der Waals surface area (Å²) >= 11 is 0. The third-order valence-electron chi connectivity index (χ3n) is 5.35. The van der Waals surface area contributed by atoms with Crippen LogP contribution in [0.1, 0.15) is 50.2 Å². The van der Waals surface area contributed by atoms with Gasteiger partial charge in [0.1, 0.15) is 0 Å². The molecule has 0 aromatic heterocycles. The molecule has 1 saturated carbocycles. The lowest BCUT2D eigenvalue weighted by atomic mass is 9.86. The molecular formula is C19H30N2O3S. The van der Waals surface area contributed by atoms with Gasteiger partial charge in [-0.1, -0.05) is 13.0 Å². The lowest BCUT2D eigenvalue weighted by Crippen LogP contribution is -2.40. The zero-order chi connectivity index (χ0) is 18.6. The fourth-order valence-electron chi connectivity index (χ4n) is 3.27. The molecule has 140 valence electrons. The van der Waals surface area contributed by atoms with Crippen LogP contribution in [0.15, 0.2) is 23.1 Å². The average Bonchev–Trinajstić information content (AvgIpc) is 2.57. The van der Waals surface area contributed by atoms with Crippen LogP contribution in [-0.4, -0.2) is 38.9 Å². The summed E-state index contributed by atoms with van der Waals surface area (Å²) in [6, 6.07) is 5.35. The van der Waals surface area contributed by atoms with Crippen molar-refractivity contribution in [3.05, 3.63) is 29.3 Å². The molecule has 0 unspecified atom stereocenters. The van der Waals surface area contributed by atoms with Crippen molar-refractivity contribution in [2.45, 2.75) is 63.8 Å². The average molecular weight is 367 g/mol. The van der Waals surface area contributed by atoms with Crippen LogP contribution in [-0.2, 0) is 14.8 Å². The Kier molecular flexibility index (Phi) is 6.63. The Morgan fingerprint density at radius 2 is 1.80 bits per heavy atom. The first-order valence-corrected chi connectivity index (χ1v) is 10.5. The molecule has 0 radical (unpaired) electrons. The number of hydrogen-bond acceptors (Lipinski definition) is 3. The van der Waals surface area contributed by atoms with Crippen molar-refractivity contribution < 1.29 is 13.2 Å². The molecule has 0 bridgehead atoms. The van der Waals surface area contributed by atoms with E-state index >= 15 is 0 Å². The zero-order valence-corrected chi connectivity index (χ0v) is 16.5. The van der Waals surface area contributed by atoms with Crippen LogP contribution in [0.3, 0.4) is 0 Å². The molecule has 0 aliphatic heterocycles. The van der Waals surface area contributed by atoms with E-state index in [-0.39, 0.29) is 23.8 Å². The first kappa shape index (κ1) is 19.9. The van der Waals surface area contributed by atoms with Crippen LogP contribution >= 0.6 is 0 Å². The van der Waals surface area contributed by atoms with E-state index in [1.54, 1.807) is 23.1 Å². The van der Waals surface area contributed by atoms with Gasteiger partial charge >= 0.3 is 0 Å². The maximum Gasteiger partial charge on any atom is 0.240 e. The summed E-state index contributed by atoms with van der Waals surface area (Å²) < 4.78 is 27.2. The fourth-order valence-corrected chi connectivity index (χ4v) is 4.38. The van der Waals surface area contributed by atoms with Crippen molar-refractivity contribution in [1.82, 2.24) is 9.62 Å². The highest BCUT2D eigenvalue weighted by atomic mass is 32.2. The third-order valence-corrected chi connectivity index (χ3v) is 6.80. The summed E-state index contributed by atoms with van der Waals surface area (Å²) in [5, 5.41) is 0. The third kappa shape index (κ3) is 5.28. The second-order valence-corrected chi connectivity index (χ2v) is 9.08. The topological polar surface area (TPSA) is 66.5 Å². The smallest absolute Gasteiger partial charge is 0.240 e. The van der Waals surface area contributed by atoms with Crippen LogP contribution < -0.4 is 4.72 Å². The number of hydrogen-bond donors (Lipinski definition) is 1. The Morgan fingerprint density at radius 1 is 1.16 bits per heavy atom. The van der Waals surface area contributed by atoms with Crippen LogP contribution in [0.2, 0.25) is 0 Å². The van der Waals surface area contributed by atoms with E-state index in [4.69, 9.17) is 0 Å². The molecule has 2 rings (SSSR count). The Bertz CT molecular complexity index is 707. The molecule has 0 spiro atoms. The van der Waals surface area contributed by atoms with E-state index in [9.17, 15) is 13.2 Å². The highest BCUT2D eigenvalue weighted by molar-refractivity contribution is 7.89. The van der Waals surface area contributed by atoms with E-state index in [1.165, 1.54) is 0 Å². The molecule has 5 nitrogen and oxygen atoms in total. The monoisotopic (exact) mass is 366 g/mol. The van der Waals surface area contributed by atoms with Crippen molar-refractivity contribution in [3.63, 3.8) is 0 Å². The van der Waals surface area contributed by atoms with Gasteiger partial charge in [0.05, 0.1) is 4.90 Å². The number of rotatable bonds is 6. The van der Waals surface area contributed by atoms with Crippen LogP contribution in [0.4, 0.5) is 0 Å². The lowest BCUT2D eigenvalue weighted by molar-refractivity contribution is -0.132. The fraction of sp³-hybridized carbons (Fsp3) is 0.632. The molecule has 1 aromatic carbocycles. The minimum absolute atomic E-state index is 0.00217. The molecule has 0 heterocycles.